The second kappa shape index (κ2) is 46.2. The van der Waals surface area contributed by atoms with Crippen molar-refractivity contribution in [3.8, 4) is 0 Å². The Labute approximate surface area is 360 Å². The lowest BCUT2D eigenvalue weighted by Crippen LogP contribution is -2.27. The van der Waals surface area contributed by atoms with E-state index in [0.29, 0.717) is 12.8 Å². The lowest BCUT2D eigenvalue weighted by molar-refractivity contribution is -0.155. The van der Waals surface area contributed by atoms with Crippen molar-refractivity contribution >= 4 is 11.8 Å². The first-order chi connectivity index (χ1) is 27.9. The van der Waals surface area contributed by atoms with Gasteiger partial charge in [-0.25, -0.2) is 0 Å². The number of carbonyl (C=O) groups excluding carboxylic acids is 2. The molecule has 0 saturated heterocycles. The van der Waals surface area contributed by atoms with Gasteiger partial charge >= 0.3 is 5.97 Å². The number of Topliss-reactive ketones (excluding diaryl/α,β-unsaturated/α-hetero) is 1. The molecule has 340 valence electrons. The highest BCUT2D eigenvalue weighted by Gasteiger charge is 2.22. The smallest absolute Gasteiger partial charge is 0.306 e. The molecule has 0 N–H and O–H groups in total. The molecule has 0 aromatic rings. The minimum atomic E-state index is -0.514. The molecule has 0 bridgehead atoms. The lowest BCUT2D eigenvalue weighted by Gasteiger charge is -2.17. The largest absolute Gasteiger partial charge is 0.454 e. The normalized spacial score (nSPS) is 12.3. The molecule has 0 aromatic carbocycles. The third kappa shape index (κ3) is 46.1. The van der Waals surface area contributed by atoms with Gasteiger partial charge in [0, 0.05) is 12.8 Å². The maximum absolute atomic E-state index is 13.3. The molecule has 0 saturated carbocycles. The van der Waals surface area contributed by atoms with Crippen molar-refractivity contribution in [3.05, 3.63) is 0 Å². The highest BCUT2D eigenvalue weighted by atomic mass is 16.5. The lowest BCUT2D eigenvalue weighted by atomic mass is 9.99. The SMILES string of the molecule is CCCCCCCCCCCCCCCCCC(=O)OC(CCCCCCCCCCCCCCC(C)C)C(=O)CCCCCCCCCCCCCCC(C)C. The van der Waals surface area contributed by atoms with Gasteiger partial charge in [0.1, 0.15) is 0 Å². The summed E-state index contributed by atoms with van der Waals surface area (Å²) in [6.45, 7) is 11.6. The van der Waals surface area contributed by atoms with Crippen molar-refractivity contribution in [3.63, 3.8) is 0 Å². The predicted octanol–water partition coefficient (Wildman–Crippen LogP) is 19.0. The number of hydrogen-bond acceptors (Lipinski definition) is 3. The van der Waals surface area contributed by atoms with Gasteiger partial charge in [0.25, 0.3) is 0 Å². The molecule has 1 atom stereocenters. The average Bonchev–Trinajstić information content (AvgIpc) is 3.18. The van der Waals surface area contributed by atoms with Gasteiger partial charge in [0.2, 0.25) is 0 Å². The van der Waals surface area contributed by atoms with Crippen molar-refractivity contribution in [2.75, 3.05) is 0 Å². The molecule has 1 unspecified atom stereocenters. The molecule has 0 spiro atoms. The molecule has 0 aromatic heterocycles. The van der Waals surface area contributed by atoms with Gasteiger partial charge in [0.15, 0.2) is 11.9 Å². The summed E-state index contributed by atoms with van der Waals surface area (Å²) >= 11 is 0. The summed E-state index contributed by atoms with van der Waals surface area (Å²) in [5.41, 5.74) is 0. The molecule has 3 heteroatoms. The molecule has 0 fully saturated rings. The van der Waals surface area contributed by atoms with Crippen molar-refractivity contribution in [2.24, 2.45) is 11.8 Å². The maximum atomic E-state index is 13.3. The molecular weight excluding hydrogens is 697 g/mol. The molecule has 0 heterocycles. The number of rotatable bonds is 48. The Balaban J connectivity index is 4.22. The standard InChI is InChI=1S/C54H106O3/c1-6-7-8-9-10-11-12-13-14-15-24-29-34-39-44-49-54(56)57-53(48-43-38-33-28-23-19-17-21-26-31-36-41-46-51(4)5)52(55)47-42-37-32-27-22-18-16-20-25-30-35-40-45-50(2)3/h50-51,53H,6-49H2,1-5H3. The molecule has 0 aliphatic heterocycles. The van der Waals surface area contributed by atoms with Crippen molar-refractivity contribution < 1.29 is 14.3 Å². The predicted molar refractivity (Wildman–Crippen MR) is 253 cm³/mol. The van der Waals surface area contributed by atoms with Crippen LogP contribution in [0.15, 0.2) is 0 Å². The van der Waals surface area contributed by atoms with Gasteiger partial charge in [-0.05, 0) is 37.5 Å². The van der Waals surface area contributed by atoms with Crippen molar-refractivity contribution in [1.29, 1.82) is 0 Å². The van der Waals surface area contributed by atoms with Gasteiger partial charge < -0.3 is 4.74 Å². The molecule has 0 amide bonds. The van der Waals surface area contributed by atoms with E-state index in [1.165, 1.54) is 225 Å². The molecule has 0 radical (unpaired) electrons. The number of ketones is 1. The Kier molecular flexibility index (Phi) is 45.5. The summed E-state index contributed by atoms with van der Waals surface area (Å²) in [5.74, 6) is 1.74. The van der Waals surface area contributed by atoms with E-state index in [4.69, 9.17) is 4.74 Å². The monoisotopic (exact) mass is 803 g/mol. The Hall–Kier alpha value is -0.860. The molecule has 3 nitrogen and oxygen atoms in total. The summed E-state index contributed by atoms with van der Waals surface area (Å²) in [4.78, 5) is 26.2. The number of esters is 1. The first kappa shape index (κ1) is 56.1. The summed E-state index contributed by atoms with van der Waals surface area (Å²) in [5, 5.41) is 0. The fourth-order valence-corrected chi connectivity index (χ4v) is 8.57. The van der Waals surface area contributed by atoms with Crippen LogP contribution in [0.1, 0.15) is 317 Å². The van der Waals surface area contributed by atoms with Crippen LogP contribution >= 0.6 is 0 Å². The summed E-state index contributed by atoms with van der Waals surface area (Å²) in [6, 6.07) is 0. The summed E-state index contributed by atoms with van der Waals surface area (Å²) in [6.07, 6.45) is 55.3. The zero-order valence-corrected chi connectivity index (χ0v) is 40.1. The molecule has 0 aliphatic carbocycles. The first-order valence-electron chi connectivity index (χ1n) is 26.6. The number of carbonyl (C=O) groups is 2. The number of ether oxygens (including phenoxy) is 1. The van der Waals surface area contributed by atoms with Crippen LogP contribution in [0.2, 0.25) is 0 Å². The van der Waals surface area contributed by atoms with Gasteiger partial charge in [-0.2, -0.15) is 0 Å². The Morgan fingerprint density at radius 3 is 0.860 bits per heavy atom. The highest BCUT2D eigenvalue weighted by Crippen LogP contribution is 2.20. The van der Waals surface area contributed by atoms with Crippen LogP contribution in [0.4, 0.5) is 0 Å². The second-order valence-electron chi connectivity index (χ2n) is 19.5. The van der Waals surface area contributed by atoms with Crippen LogP contribution in [0.25, 0.3) is 0 Å². The van der Waals surface area contributed by atoms with Crippen LogP contribution in [0.5, 0.6) is 0 Å². The van der Waals surface area contributed by atoms with Crippen LogP contribution in [0.3, 0.4) is 0 Å². The zero-order valence-electron chi connectivity index (χ0n) is 40.1. The van der Waals surface area contributed by atoms with Gasteiger partial charge in [-0.15, -0.1) is 0 Å². The van der Waals surface area contributed by atoms with E-state index in [0.717, 1.165) is 56.8 Å². The van der Waals surface area contributed by atoms with E-state index in [1.807, 2.05) is 0 Å². The molecular formula is C54H106O3. The second-order valence-corrected chi connectivity index (χ2v) is 19.5. The fraction of sp³-hybridized carbons (Fsp3) is 0.963. The highest BCUT2D eigenvalue weighted by molar-refractivity contribution is 5.85. The summed E-state index contributed by atoms with van der Waals surface area (Å²) in [7, 11) is 0. The number of hydrogen-bond donors (Lipinski definition) is 0. The van der Waals surface area contributed by atoms with E-state index in [2.05, 4.69) is 34.6 Å². The fourth-order valence-electron chi connectivity index (χ4n) is 8.57. The quantitative estimate of drug-likeness (QED) is 0.0455. The van der Waals surface area contributed by atoms with Crippen molar-refractivity contribution in [1.82, 2.24) is 0 Å². The third-order valence-electron chi connectivity index (χ3n) is 12.6. The van der Waals surface area contributed by atoms with Gasteiger partial charge in [-0.1, -0.05) is 279 Å². The van der Waals surface area contributed by atoms with Crippen LogP contribution < -0.4 is 0 Å². The zero-order chi connectivity index (χ0) is 41.7. The minimum Gasteiger partial charge on any atom is -0.454 e. The third-order valence-corrected chi connectivity index (χ3v) is 12.6. The van der Waals surface area contributed by atoms with E-state index < -0.39 is 6.10 Å². The van der Waals surface area contributed by atoms with E-state index in [1.54, 1.807) is 0 Å². The van der Waals surface area contributed by atoms with Crippen LogP contribution in [-0.4, -0.2) is 17.9 Å². The summed E-state index contributed by atoms with van der Waals surface area (Å²) < 4.78 is 5.94. The molecule has 0 rings (SSSR count). The van der Waals surface area contributed by atoms with Crippen molar-refractivity contribution in [2.45, 2.75) is 323 Å². The first-order valence-corrected chi connectivity index (χ1v) is 26.6. The van der Waals surface area contributed by atoms with Crippen LogP contribution in [0, 0.1) is 11.8 Å². The van der Waals surface area contributed by atoms with Gasteiger partial charge in [-0.3, -0.25) is 9.59 Å². The van der Waals surface area contributed by atoms with E-state index in [9.17, 15) is 9.59 Å². The van der Waals surface area contributed by atoms with E-state index in [-0.39, 0.29) is 11.8 Å². The Morgan fingerprint density at radius 2 is 0.561 bits per heavy atom. The maximum Gasteiger partial charge on any atom is 0.306 e. The Morgan fingerprint density at radius 1 is 0.316 bits per heavy atom. The molecule has 57 heavy (non-hydrogen) atoms. The van der Waals surface area contributed by atoms with E-state index >= 15 is 0 Å². The topological polar surface area (TPSA) is 43.4 Å². The Bertz CT molecular complexity index is 803. The average molecular weight is 803 g/mol. The van der Waals surface area contributed by atoms with Crippen LogP contribution in [-0.2, 0) is 14.3 Å². The van der Waals surface area contributed by atoms with Gasteiger partial charge in [0.05, 0.1) is 0 Å². The number of unbranched alkanes of at least 4 members (excludes halogenated alkanes) is 36. The minimum absolute atomic E-state index is 0.140. The molecule has 0 aliphatic rings.